The predicted molar refractivity (Wildman–Crippen MR) is 100 cm³/mol. The SMILES string of the molecule is N#Cc1cccc(NC(=O)c2cc(N3CCc4ccccc43)ccn2)c1. The van der Waals surface area contributed by atoms with Gasteiger partial charge in [0.2, 0.25) is 0 Å². The second kappa shape index (κ2) is 6.69. The average Bonchev–Trinajstić information content (AvgIpc) is 3.12. The molecule has 0 bridgehead atoms. The third-order valence-electron chi connectivity index (χ3n) is 4.42. The van der Waals surface area contributed by atoms with Crippen molar-refractivity contribution in [2.24, 2.45) is 0 Å². The maximum Gasteiger partial charge on any atom is 0.274 e. The second-order valence-electron chi connectivity index (χ2n) is 6.08. The first-order valence-electron chi connectivity index (χ1n) is 8.37. The summed E-state index contributed by atoms with van der Waals surface area (Å²) in [6.45, 7) is 0.884. The minimum absolute atomic E-state index is 0.297. The molecule has 0 radical (unpaired) electrons. The Labute approximate surface area is 151 Å². The van der Waals surface area contributed by atoms with Gasteiger partial charge in [-0.25, -0.2) is 0 Å². The van der Waals surface area contributed by atoms with Gasteiger partial charge in [-0.2, -0.15) is 5.26 Å². The fourth-order valence-electron chi connectivity index (χ4n) is 3.18. The van der Waals surface area contributed by atoms with E-state index in [2.05, 4.69) is 33.4 Å². The molecule has 26 heavy (non-hydrogen) atoms. The molecule has 5 nitrogen and oxygen atoms in total. The van der Waals surface area contributed by atoms with Crippen LogP contribution < -0.4 is 10.2 Å². The van der Waals surface area contributed by atoms with Crippen molar-refractivity contribution in [3.05, 3.63) is 83.7 Å². The topological polar surface area (TPSA) is 69.0 Å². The van der Waals surface area contributed by atoms with Crippen LogP contribution in [0.2, 0.25) is 0 Å². The molecular weight excluding hydrogens is 324 g/mol. The van der Waals surface area contributed by atoms with Crippen LogP contribution in [0.3, 0.4) is 0 Å². The third-order valence-corrected chi connectivity index (χ3v) is 4.42. The normalized spacial score (nSPS) is 12.3. The van der Waals surface area contributed by atoms with Crippen molar-refractivity contribution in [3.63, 3.8) is 0 Å². The molecular formula is C21H16N4O. The van der Waals surface area contributed by atoms with Gasteiger partial charge in [0, 0.05) is 29.8 Å². The highest BCUT2D eigenvalue weighted by Crippen LogP contribution is 2.34. The molecule has 1 N–H and O–H groups in total. The number of carbonyl (C=O) groups excluding carboxylic acids is 1. The quantitative estimate of drug-likeness (QED) is 0.785. The first kappa shape index (κ1) is 15.9. The highest BCUT2D eigenvalue weighted by atomic mass is 16.1. The second-order valence-corrected chi connectivity index (χ2v) is 6.08. The van der Waals surface area contributed by atoms with Crippen molar-refractivity contribution < 1.29 is 4.79 Å². The summed E-state index contributed by atoms with van der Waals surface area (Å²) >= 11 is 0. The van der Waals surface area contributed by atoms with E-state index < -0.39 is 0 Å². The van der Waals surface area contributed by atoms with Crippen molar-refractivity contribution in [1.29, 1.82) is 5.26 Å². The predicted octanol–water partition coefficient (Wildman–Crippen LogP) is 3.90. The fraction of sp³-hybridized carbons (Fsp3) is 0.0952. The van der Waals surface area contributed by atoms with Crippen LogP contribution in [0, 0.1) is 11.3 Å². The molecule has 4 rings (SSSR count). The largest absolute Gasteiger partial charge is 0.341 e. The highest BCUT2D eigenvalue weighted by Gasteiger charge is 2.20. The smallest absolute Gasteiger partial charge is 0.274 e. The summed E-state index contributed by atoms with van der Waals surface area (Å²) in [6.07, 6.45) is 2.64. The molecule has 0 spiro atoms. The Hall–Kier alpha value is -3.65. The van der Waals surface area contributed by atoms with E-state index in [1.807, 2.05) is 18.2 Å². The van der Waals surface area contributed by atoms with Gasteiger partial charge in [0.05, 0.1) is 11.6 Å². The molecule has 5 heteroatoms. The summed E-state index contributed by atoms with van der Waals surface area (Å²) in [5, 5.41) is 11.8. The summed E-state index contributed by atoms with van der Waals surface area (Å²) in [5.74, 6) is -0.297. The molecule has 0 unspecified atom stereocenters. The van der Waals surface area contributed by atoms with Crippen LogP contribution in [0.4, 0.5) is 17.1 Å². The van der Waals surface area contributed by atoms with E-state index in [4.69, 9.17) is 5.26 Å². The van der Waals surface area contributed by atoms with Gasteiger partial charge in [-0.1, -0.05) is 24.3 Å². The standard InChI is InChI=1S/C21H16N4O/c22-14-15-4-3-6-17(12-15)24-21(26)19-13-18(8-10-23-19)25-11-9-16-5-1-2-7-20(16)25/h1-8,10,12-13H,9,11H2,(H,24,26). The van der Waals surface area contributed by atoms with Gasteiger partial charge in [-0.15, -0.1) is 0 Å². The number of rotatable bonds is 3. The average molecular weight is 340 g/mol. The van der Waals surface area contributed by atoms with E-state index in [0.717, 1.165) is 18.7 Å². The molecule has 0 atom stereocenters. The number of nitrogens with zero attached hydrogens (tertiary/aromatic N) is 3. The van der Waals surface area contributed by atoms with Crippen molar-refractivity contribution in [3.8, 4) is 6.07 Å². The van der Waals surface area contributed by atoms with Gasteiger partial charge in [-0.05, 0) is 48.4 Å². The van der Waals surface area contributed by atoms with Crippen LogP contribution in [0.25, 0.3) is 0 Å². The molecule has 0 saturated carbocycles. The summed E-state index contributed by atoms with van der Waals surface area (Å²) in [7, 11) is 0. The maximum absolute atomic E-state index is 12.6. The number of anilines is 3. The Balaban J connectivity index is 1.58. The molecule has 0 fully saturated rings. The molecule has 2 aromatic carbocycles. The van der Waals surface area contributed by atoms with E-state index in [-0.39, 0.29) is 5.91 Å². The molecule has 1 aromatic heterocycles. The minimum Gasteiger partial charge on any atom is -0.341 e. The van der Waals surface area contributed by atoms with Crippen LogP contribution in [0.5, 0.6) is 0 Å². The zero-order valence-corrected chi connectivity index (χ0v) is 14.0. The molecule has 3 aromatic rings. The molecule has 0 saturated heterocycles. The van der Waals surface area contributed by atoms with Gasteiger partial charge >= 0.3 is 0 Å². The zero-order valence-electron chi connectivity index (χ0n) is 14.0. The highest BCUT2D eigenvalue weighted by molar-refractivity contribution is 6.03. The van der Waals surface area contributed by atoms with Crippen molar-refractivity contribution in [2.45, 2.75) is 6.42 Å². The van der Waals surface area contributed by atoms with Crippen LogP contribution in [0.15, 0.2) is 66.9 Å². The fourth-order valence-corrected chi connectivity index (χ4v) is 3.18. The van der Waals surface area contributed by atoms with Crippen LogP contribution >= 0.6 is 0 Å². The molecule has 2 heterocycles. The Morgan fingerprint density at radius 3 is 2.88 bits per heavy atom. The van der Waals surface area contributed by atoms with Crippen LogP contribution in [-0.2, 0) is 6.42 Å². The minimum atomic E-state index is -0.297. The lowest BCUT2D eigenvalue weighted by atomic mass is 10.2. The number of amides is 1. The van der Waals surface area contributed by atoms with E-state index in [1.165, 1.54) is 11.3 Å². The van der Waals surface area contributed by atoms with Crippen molar-refractivity contribution >= 4 is 23.0 Å². The third kappa shape index (κ3) is 3.01. The van der Waals surface area contributed by atoms with Gasteiger partial charge in [0.15, 0.2) is 0 Å². The number of benzene rings is 2. The Morgan fingerprint density at radius 2 is 2.00 bits per heavy atom. The van der Waals surface area contributed by atoms with Gasteiger partial charge in [0.25, 0.3) is 5.91 Å². The maximum atomic E-state index is 12.6. The Bertz CT molecular complexity index is 1020. The summed E-state index contributed by atoms with van der Waals surface area (Å²) in [4.78, 5) is 19.0. The van der Waals surface area contributed by atoms with E-state index >= 15 is 0 Å². The summed E-state index contributed by atoms with van der Waals surface area (Å²) in [6, 6.07) is 20.9. The number of nitrogens with one attached hydrogen (secondary N) is 1. The van der Waals surface area contributed by atoms with E-state index in [0.29, 0.717) is 16.9 Å². The van der Waals surface area contributed by atoms with Gasteiger partial charge in [0.1, 0.15) is 5.69 Å². The molecule has 1 aliphatic rings. The number of hydrogen-bond acceptors (Lipinski definition) is 4. The van der Waals surface area contributed by atoms with Gasteiger partial charge < -0.3 is 10.2 Å². The van der Waals surface area contributed by atoms with Crippen LogP contribution in [0.1, 0.15) is 21.6 Å². The monoisotopic (exact) mass is 340 g/mol. The molecule has 1 aliphatic heterocycles. The number of carbonyl (C=O) groups is 1. The summed E-state index contributed by atoms with van der Waals surface area (Å²) in [5.41, 5.74) is 4.84. The zero-order chi connectivity index (χ0) is 17.9. The number of hydrogen-bond donors (Lipinski definition) is 1. The van der Waals surface area contributed by atoms with Crippen molar-refractivity contribution in [1.82, 2.24) is 4.98 Å². The number of aromatic nitrogens is 1. The lowest BCUT2D eigenvalue weighted by molar-refractivity contribution is 0.102. The molecule has 1 amide bonds. The number of fused-ring (bicyclic) bond motifs is 1. The van der Waals surface area contributed by atoms with Crippen molar-refractivity contribution in [2.75, 3.05) is 16.8 Å². The lowest BCUT2D eigenvalue weighted by Crippen LogP contribution is -2.17. The van der Waals surface area contributed by atoms with E-state index in [9.17, 15) is 4.79 Å². The summed E-state index contributed by atoms with van der Waals surface area (Å²) < 4.78 is 0. The Morgan fingerprint density at radius 1 is 1.12 bits per heavy atom. The first-order valence-corrected chi connectivity index (χ1v) is 8.37. The van der Waals surface area contributed by atoms with E-state index in [1.54, 1.807) is 36.5 Å². The van der Waals surface area contributed by atoms with Crippen LogP contribution in [-0.4, -0.2) is 17.4 Å². The van der Waals surface area contributed by atoms with Gasteiger partial charge in [-0.3, -0.25) is 9.78 Å². The number of pyridine rings is 1. The first-order chi connectivity index (χ1) is 12.7. The molecule has 126 valence electrons. The number of para-hydroxylation sites is 1. The lowest BCUT2D eigenvalue weighted by Gasteiger charge is -2.19. The molecule has 0 aliphatic carbocycles. The Kier molecular flexibility index (Phi) is 4.08. The number of nitriles is 1.